The maximum atomic E-state index is 14.6. The molecule has 103 heavy (non-hydrogen) atoms. The van der Waals surface area contributed by atoms with Gasteiger partial charge in [-0.25, -0.2) is 0 Å². The van der Waals surface area contributed by atoms with Gasteiger partial charge >= 0.3 is 66.9 Å². The predicted octanol–water partition coefficient (Wildman–Crippen LogP) is 23.8. The summed E-state index contributed by atoms with van der Waals surface area (Å²) in [5.74, 6) is -30.5. The van der Waals surface area contributed by atoms with Crippen LogP contribution in [-0.2, 0) is 20.3 Å². The lowest BCUT2D eigenvalue weighted by Crippen LogP contribution is -2.63. The molecule has 14 aromatic rings. The Hall–Kier alpha value is -10.7. The van der Waals surface area contributed by atoms with Crippen LogP contribution in [0.4, 0.5) is 82.9 Å². The summed E-state index contributed by atoms with van der Waals surface area (Å²) >= 11 is 0. The second-order valence-corrected chi connectivity index (χ2v) is 26.5. The second-order valence-electron chi connectivity index (χ2n) is 23.5. The van der Waals surface area contributed by atoms with E-state index in [2.05, 4.69) is 107 Å². The maximum Gasteiger partial charge on any atom is 0.460 e. The molecular formula is C76H43F19O6S2. The third-order valence-corrected chi connectivity index (χ3v) is 19.5. The molecule has 0 aliphatic rings. The Labute approximate surface area is 570 Å². The number of rotatable bonds is 12. The zero-order valence-electron chi connectivity index (χ0n) is 51.7. The number of alkyl halides is 18. The lowest BCUT2D eigenvalue weighted by atomic mass is 9.91. The lowest BCUT2D eigenvalue weighted by molar-refractivity contribution is -0.382. The Bertz CT molecular complexity index is 5840. The summed E-state index contributed by atoms with van der Waals surface area (Å²) in [5, 5.41) is 13.1. The van der Waals surface area contributed by atoms with Gasteiger partial charge in [0, 0.05) is 11.1 Å². The Morgan fingerprint density at radius 1 is 0.262 bits per heavy atom. The van der Waals surface area contributed by atoms with Crippen molar-refractivity contribution in [1.82, 2.24) is 0 Å². The van der Waals surface area contributed by atoms with Crippen LogP contribution in [0.25, 0.3) is 131 Å². The van der Waals surface area contributed by atoms with Gasteiger partial charge in [-0.1, -0.05) is 234 Å². The second kappa shape index (κ2) is 25.7. The van der Waals surface area contributed by atoms with Crippen molar-refractivity contribution in [3.63, 3.8) is 0 Å². The molecule has 14 aromatic carbocycles. The van der Waals surface area contributed by atoms with Crippen molar-refractivity contribution in [3.8, 4) is 56.0 Å². The molecule has 0 aliphatic carbocycles. The molecule has 0 fully saturated rings. The minimum atomic E-state index is -7.67. The summed E-state index contributed by atoms with van der Waals surface area (Å²) in [5.41, 5.74) is 5.60. The number of benzene rings is 14. The van der Waals surface area contributed by atoms with Gasteiger partial charge in [-0.15, -0.1) is 0 Å². The van der Waals surface area contributed by atoms with E-state index in [1.54, 1.807) is 30.3 Å². The first-order chi connectivity index (χ1) is 48.2. The number of phenolic OH excluding ortho intramolecular Hbond substituents is 1. The molecule has 0 saturated heterocycles. The van der Waals surface area contributed by atoms with E-state index in [4.69, 9.17) is 0 Å². The molecule has 0 unspecified atom stereocenters. The fourth-order valence-electron chi connectivity index (χ4n) is 12.2. The lowest BCUT2D eigenvalue weighted by Gasteiger charge is -2.32. The first-order valence-electron chi connectivity index (χ1n) is 30.1. The van der Waals surface area contributed by atoms with Crippen LogP contribution < -0.4 is 4.18 Å². The van der Waals surface area contributed by atoms with Gasteiger partial charge in [-0.05, 0) is 144 Å². The van der Waals surface area contributed by atoms with Gasteiger partial charge in [-0.2, -0.15) is 95.9 Å². The van der Waals surface area contributed by atoms with Crippen LogP contribution in [-0.4, -0.2) is 68.5 Å². The molecule has 6 nitrogen and oxygen atoms in total. The van der Waals surface area contributed by atoms with Crippen LogP contribution in [0.2, 0.25) is 0 Å². The first kappa shape index (κ1) is 72.1. The van der Waals surface area contributed by atoms with Crippen molar-refractivity contribution < 1.29 is 109 Å². The summed E-state index contributed by atoms with van der Waals surface area (Å²) < 4.78 is 289. The number of hydrogen-bond donors (Lipinski definition) is 1. The fourth-order valence-corrected chi connectivity index (χ4v) is 13.6. The fraction of sp³-hybridized carbons (Fsp3) is 0.105. The van der Waals surface area contributed by atoms with Gasteiger partial charge in [0.2, 0.25) is 0 Å². The third kappa shape index (κ3) is 12.2. The van der Waals surface area contributed by atoms with Crippen LogP contribution in [0.1, 0.15) is 0 Å². The van der Waals surface area contributed by atoms with E-state index in [1.165, 1.54) is 68.2 Å². The summed E-state index contributed by atoms with van der Waals surface area (Å²) in [6.45, 7) is 0. The minimum Gasteiger partial charge on any atom is -0.507 e. The van der Waals surface area contributed by atoms with E-state index in [1.807, 2.05) is 84.9 Å². The molecule has 0 bridgehead atoms. The van der Waals surface area contributed by atoms with Crippen molar-refractivity contribution in [2.45, 2.75) is 46.6 Å². The average Bonchev–Trinajstić information content (AvgIpc) is 0.735. The van der Waals surface area contributed by atoms with Crippen LogP contribution in [0, 0.1) is 0 Å². The van der Waals surface area contributed by atoms with Crippen molar-refractivity contribution in [1.29, 1.82) is 0 Å². The highest BCUT2D eigenvalue weighted by Crippen LogP contribution is 2.57. The standard InChI is InChI=1S/C38H21F9O3S.C34H22O.C4F10O2S/c39-35(40,37(43,44)45)36(41,42)38(46,47)51(48,49)50-33-20-18-23-7-1-2-8-26(23)34(33)24-15-13-22(14-16-24)25-17-19-31-29-11-4-3-9-27(29)28-10-5-6-12-30(28)32(31)21-25;35-33-20-18-23-7-1-2-8-26(23)34(33)24-15-13-22(14-16-24)25-17-19-31-29-11-4-3-9-27(29)28-10-5-6-12-30(28)32(31)21-25;5-1(6,3(9,10)11)2(7,8)4(12,13)17(14,15)16/h1-21H;1-21,35H;. The molecule has 0 heterocycles. The summed E-state index contributed by atoms with van der Waals surface area (Å²) in [7, 11) is -14.8. The van der Waals surface area contributed by atoms with E-state index in [0.717, 1.165) is 71.4 Å². The SMILES string of the molecule is O=S(=O)(F)C(F)(F)C(F)(F)C(F)(F)C(F)(F)F.O=S(=O)(Oc1ccc2ccccc2c1-c1ccc(-c2ccc3c4ccccc4c4ccccc4c3c2)cc1)C(F)(F)C(F)(F)C(F)(F)C(F)(F)F.Oc1ccc2ccccc2c1-c1ccc(-c2ccc3c4ccccc4c4ccccc4c3c2)cc1. The monoisotopic (exact) mass is 1480 g/mol. The van der Waals surface area contributed by atoms with Gasteiger partial charge < -0.3 is 9.29 Å². The molecule has 0 aliphatic heterocycles. The Morgan fingerprint density at radius 3 is 0.883 bits per heavy atom. The average molecular weight is 1480 g/mol. The molecule has 0 saturated carbocycles. The first-order valence-corrected chi connectivity index (χ1v) is 32.9. The normalized spacial score (nSPS) is 13.2. The van der Waals surface area contributed by atoms with Crippen LogP contribution >= 0.6 is 0 Å². The van der Waals surface area contributed by atoms with Gasteiger partial charge in [-0.3, -0.25) is 0 Å². The molecular weight excluding hydrogens is 1430 g/mol. The van der Waals surface area contributed by atoms with Gasteiger partial charge in [0.15, 0.2) is 5.75 Å². The van der Waals surface area contributed by atoms with Crippen molar-refractivity contribution in [3.05, 3.63) is 255 Å². The van der Waals surface area contributed by atoms with Gasteiger partial charge in [0.25, 0.3) is 0 Å². The van der Waals surface area contributed by atoms with E-state index in [9.17, 15) is 105 Å². The molecule has 1 N–H and O–H groups in total. The topological polar surface area (TPSA) is 97.7 Å². The summed E-state index contributed by atoms with van der Waals surface area (Å²) in [6, 6.07) is 80.7. The Morgan fingerprint density at radius 2 is 0.534 bits per heavy atom. The Balaban J connectivity index is 0.000000165. The molecule has 0 amide bonds. The van der Waals surface area contributed by atoms with Crippen LogP contribution in [0.3, 0.4) is 0 Å². The Kier molecular flexibility index (Phi) is 18.0. The van der Waals surface area contributed by atoms with Gasteiger partial charge in [0.1, 0.15) is 5.75 Å². The number of fused-ring (bicyclic) bond motifs is 14. The maximum absolute atomic E-state index is 14.6. The summed E-state index contributed by atoms with van der Waals surface area (Å²) in [4.78, 5) is 0. The largest absolute Gasteiger partial charge is 0.507 e. The zero-order valence-corrected chi connectivity index (χ0v) is 53.4. The quantitative estimate of drug-likeness (QED) is 0.0566. The molecule has 14 rings (SSSR count). The van der Waals surface area contributed by atoms with E-state index in [-0.39, 0.29) is 16.5 Å². The van der Waals surface area contributed by atoms with Crippen LogP contribution in [0.5, 0.6) is 11.5 Å². The van der Waals surface area contributed by atoms with Crippen molar-refractivity contribution >= 4 is 107 Å². The zero-order chi connectivity index (χ0) is 74.4. The molecule has 0 aromatic heterocycles. The highest BCUT2D eigenvalue weighted by atomic mass is 32.3. The number of phenols is 1. The smallest absolute Gasteiger partial charge is 0.460 e. The minimum absolute atomic E-state index is 0.133. The van der Waals surface area contributed by atoms with Gasteiger partial charge in [0.05, 0.1) is 0 Å². The van der Waals surface area contributed by atoms with E-state index >= 15 is 0 Å². The number of hydrogen-bond acceptors (Lipinski definition) is 6. The highest BCUT2D eigenvalue weighted by Gasteiger charge is 2.87. The molecule has 0 atom stereocenters. The summed E-state index contributed by atoms with van der Waals surface area (Å²) in [6.07, 6.45) is -14.4. The number of halogens is 19. The molecule has 0 radical (unpaired) electrons. The molecule has 0 spiro atoms. The predicted molar refractivity (Wildman–Crippen MR) is 358 cm³/mol. The highest BCUT2D eigenvalue weighted by molar-refractivity contribution is 7.88. The molecule has 27 heteroatoms. The molecule has 528 valence electrons. The van der Waals surface area contributed by atoms with E-state index in [0.29, 0.717) is 16.7 Å². The number of aromatic hydroxyl groups is 1. The third-order valence-electron chi connectivity index (χ3n) is 17.4. The van der Waals surface area contributed by atoms with Crippen molar-refractivity contribution in [2.75, 3.05) is 0 Å². The van der Waals surface area contributed by atoms with E-state index < -0.39 is 72.6 Å². The van der Waals surface area contributed by atoms with Crippen LogP contribution in [0.15, 0.2) is 255 Å². The van der Waals surface area contributed by atoms with Crippen molar-refractivity contribution in [2.24, 2.45) is 0 Å².